The number of carbonyl (C=O) groups excluding carboxylic acids is 1. The fourth-order valence-electron chi connectivity index (χ4n) is 3.48. The molecule has 0 aliphatic carbocycles. The zero-order chi connectivity index (χ0) is 24.8. The molecule has 11 heteroatoms. The van der Waals surface area contributed by atoms with Gasteiger partial charge in [0.25, 0.3) is 0 Å². The third-order valence-corrected chi connectivity index (χ3v) is 5.24. The molecule has 2 aromatic heterocycles. The predicted octanol–water partition coefficient (Wildman–Crippen LogP) is 4.80. The molecule has 35 heavy (non-hydrogen) atoms. The number of aromatic nitrogens is 4. The number of nitrogens with two attached hydrogens (primary N) is 1. The maximum absolute atomic E-state index is 12.8. The van der Waals surface area contributed by atoms with E-state index in [2.05, 4.69) is 20.3 Å². The van der Waals surface area contributed by atoms with E-state index in [9.17, 15) is 18.0 Å². The molecule has 0 saturated heterocycles. The third-order valence-electron chi connectivity index (χ3n) is 5.24. The van der Waals surface area contributed by atoms with Gasteiger partial charge in [-0.25, -0.2) is 19.7 Å². The Kier molecular flexibility index (Phi) is 7.14. The van der Waals surface area contributed by atoms with Crippen molar-refractivity contribution in [2.24, 2.45) is 0 Å². The lowest BCUT2D eigenvalue weighted by Crippen LogP contribution is -2.24. The van der Waals surface area contributed by atoms with Crippen molar-refractivity contribution in [3.05, 3.63) is 72.1 Å². The van der Waals surface area contributed by atoms with Crippen molar-refractivity contribution in [1.29, 1.82) is 0 Å². The first-order valence-corrected chi connectivity index (χ1v) is 10.9. The molecule has 182 valence electrons. The van der Waals surface area contributed by atoms with Crippen molar-refractivity contribution in [3.8, 4) is 11.4 Å². The summed E-state index contributed by atoms with van der Waals surface area (Å²) < 4.78 is 45.3. The largest absolute Gasteiger partial charge is 0.450 e. The zero-order valence-electron chi connectivity index (χ0n) is 18.6. The number of amides is 1. The number of halogens is 3. The van der Waals surface area contributed by atoms with Crippen LogP contribution in [0, 0.1) is 0 Å². The summed E-state index contributed by atoms with van der Waals surface area (Å²) in [5.74, 6) is 0.812. The number of imidazole rings is 1. The number of unbranched alkanes of at least 4 members (excludes halogenated alkanes) is 1. The van der Waals surface area contributed by atoms with Gasteiger partial charge in [0.15, 0.2) is 17.3 Å². The van der Waals surface area contributed by atoms with E-state index in [1.54, 1.807) is 6.33 Å². The molecule has 0 fully saturated rings. The summed E-state index contributed by atoms with van der Waals surface area (Å²) in [6, 6.07) is 14.3. The summed E-state index contributed by atoms with van der Waals surface area (Å²) in [7, 11) is 0. The van der Waals surface area contributed by atoms with Crippen molar-refractivity contribution in [3.63, 3.8) is 0 Å². The van der Waals surface area contributed by atoms with E-state index in [0.29, 0.717) is 47.8 Å². The van der Waals surface area contributed by atoms with Gasteiger partial charge in [0, 0.05) is 18.7 Å². The van der Waals surface area contributed by atoms with Gasteiger partial charge in [0.05, 0.1) is 18.5 Å². The highest BCUT2D eigenvalue weighted by molar-refractivity contribution is 5.83. The van der Waals surface area contributed by atoms with Gasteiger partial charge in [-0.05, 0) is 30.5 Å². The number of alkyl halides is 3. The first kappa shape index (κ1) is 24.0. The Morgan fingerprint density at radius 3 is 2.63 bits per heavy atom. The van der Waals surface area contributed by atoms with Crippen LogP contribution in [0.3, 0.4) is 0 Å². The second kappa shape index (κ2) is 10.4. The second-order valence-electron chi connectivity index (χ2n) is 7.80. The molecular formula is C24H23F3N6O2. The summed E-state index contributed by atoms with van der Waals surface area (Å²) in [6.45, 7) is 0.679. The van der Waals surface area contributed by atoms with Crippen LogP contribution in [0.2, 0.25) is 0 Å². The van der Waals surface area contributed by atoms with E-state index in [-0.39, 0.29) is 13.2 Å². The smallest absolute Gasteiger partial charge is 0.416 e. The predicted molar refractivity (Wildman–Crippen MR) is 124 cm³/mol. The summed E-state index contributed by atoms with van der Waals surface area (Å²) in [6.07, 6.45) is -2.23. The Morgan fingerprint density at radius 2 is 1.86 bits per heavy atom. The molecule has 4 rings (SSSR count). The summed E-state index contributed by atoms with van der Waals surface area (Å²) in [5.41, 5.74) is 7.63. The number of carbonyl (C=O) groups is 1. The number of aryl methyl sites for hydroxylation is 1. The molecule has 0 aliphatic heterocycles. The van der Waals surface area contributed by atoms with Crippen molar-refractivity contribution < 1.29 is 22.7 Å². The van der Waals surface area contributed by atoms with Crippen molar-refractivity contribution in [2.75, 3.05) is 12.3 Å². The van der Waals surface area contributed by atoms with E-state index >= 15 is 0 Å². The molecule has 4 aromatic rings. The Bertz CT molecular complexity index is 1310. The number of fused-ring (bicyclic) bond motifs is 1. The van der Waals surface area contributed by atoms with Crippen LogP contribution in [-0.4, -0.2) is 32.2 Å². The molecule has 0 atom stereocenters. The molecule has 1 amide bonds. The molecule has 2 aromatic carbocycles. The van der Waals surface area contributed by atoms with Gasteiger partial charge in [-0.2, -0.15) is 13.2 Å². The third kappa shape index (κ3) is 6.05. The lowest BCUT2D eigenvalue weighted by atomic mass is 10.1. The number of nitrogen functional groups attached to an aromatic ring is 1. The lowest BCUT2D eigenvalue weighted by Gasteiger charge is -2.10. The van der Waals surface area contributed by atoms with Crippen LogP contribution < -0.4 is 11.1 Å². The van der Waals surface area contributed by atoms with E-state index in [4.69, 9.17) is 10.5 Å². The Labute approximate surface area is 199 Å². The SMILES string of the molecule is Nc1nc(-c2ccccc2)nc2c1ncn2CCCCOC(=O)NCc1cccc(C(F)(F)F)c1. The number of anilines is 1. The van der Waals surface area contributed by atoms with Crippen molar-refractivity contribution >= 4 is 23.1 Å². The molecule has 0 radical (unpaired) electrons. The maximum Gasteiger partial charge on any atom is 0.416 e. The highest BCUT2D eigenvalue weighted by Crippen LogP contribution is 2.29. The van der Waals surface area contributed by atoms with Crippen LogP contribution in [0.4, 0.5) is 23.8 Å². The number of hydrogen-bond acceptors (Lipinski definition) is 6. The van der Waals surface area contributed by atoms with Gasteiger partial charge in [-0.3, -0.25) is 0 Å². The molecule has 0 spiro atoms. The summed E-state index contributed by atoms with van der Waals surface area (Å²) in [5, 5.41) is 2.46. The van der Waals surface area contributed by atoms with Gasteiger partial charge in [-0.1, -0.05) is 42.5 Å². The highest BCUT2D eigenvalue weighted by atomic mass is 19.4. The molecule has 0 unspecified atom stereocenters. The fourth-order valence-corrected chi connectivity index (χ4v) is 3.48. The number of ether oxygens (including phenoxy) is 1. The number of nitrogens with zero attached hydrogens (tertiary/aromatic N) is 4. The second-order valence-corrected chi connectivity index (χ2v) is 7.80. The standard InChI is InChI=1S/C24H23F3N6O2/c25-24(26,27)18-10-6-7-16(13-18)14-29-23(34)35-12-5-4-11-33-15-30-19-20(28)31-21(32-22(19)33)17-8-2-1-3-9-17/h1-3,6-10,13,15H,4-5,11-12,14H2,(H,29,34)(H2,28,31,32). The van der Waals surface area contributed by atoms with Gasteiger partial charge in [0.1, 0.15) is 5.52 Å². The van der Waals surface area contributed by atoms with Crippen molar-refractivity contribution in [2.45, 2.75) is 32.1 Å². The van der Waals surface area contributed by atoms with E-state index < -0.39 is 17.8 Å². The normalized spacial score (nSPS) is 11.5. The number of nitrogens with one attached hydrogen (secondary N) is 1. The lowest BCUT2D eigenvalue weighted by molar-refractivity contribution is -0.137. The number of rotatable bonds is 8. The van der Waals surface area contributed by atoms with Crippen LogP contribution in [0.1, 0.15) is 24.0 Å². The van der Waals surface area contributed by atoms with Gasteiger partial charge in [0.2, 0.25) is 0 Å². The minimum atomic E-state index is -4.43. The maximum atomic E-state index is 12.8. The molecule has 0 saturated carbocycles. The topological polar surface area (TPSA) is 108 Å². The minimum absolute atomic E-state index is 0.0609. The van der Waals surface area contributed by atoms with Gasteiger partial charge >= 0.3 is 12.3 Å². The van der Waals surface area contributed by atoms with E-state index in [1.165, 1.54) is 12.1 Å². The number of alkyl carbamates (subject to hydrolysis) is 1. The van der Waals surface area contributed by atoms with Crippen LogP contribution in [-0.2, 0) is 24.0 Å². The average Bonchev–Trinajstić information content (AvgIpc) is 3.26. The minimum Gasteiger partial charge on any atom is -0.450 e. The number of benzene rings is 2. The molecule has 0 bridgehead atoms. The molecule has 3 N–H and O–H groups in total. The quantitative estimate of drug-likeness (QED) is 0.348. The first-order valence-electron chi connectivity index (χ1n) is 10.9. The Balaban J connectivity index is 1.25. The Hall–Kier alpha value is -4.15. The molecule has 0 aliphatic rings. The first-order chi connectivity index (χ1) is 16.8. The van der Waals surface area contributed by atoms with Crippen molar-refractivity contribution in [1.82, 2.24) is 24.8 Å². The summed E-state index contributed by atoms with van der Waals surface area (Å²) >= 11 is 0. The van der Waals surface area contributed by atoms with Crippen LogP contribution >= 0.6 is 0 Å². The van der Waals surface area contributed by atoms with Crippen LogP contribution in [0.15, 0.2) is 60.9 Å². The van der Waals surface area contributed by atoms with Crippen LogP contribution in [0.25, 0.3) is 22.6 Å². The fraction of sp³-hybridized carbons (Fsp3) is 0.250. The Morgan fingerprint density at radius 1 is 1.06 bits per heavy atom. The molecular weight excluding hydrogens is 461 g/mol. The monoisotopic (exact) mass is 484 g/mol. The van der Waals surface area contributed by atoms with E-state index in [0.717, 1.165) is 17.7 Å². The van der Waals surface area contributed by atoms with Gasteiger partial charge < -0.3 is 20.4 Å². The van der Waals surface area contributed by atoms with Crippen LogP contribution in [0.5, 0.6) is 0 Å². The number of hydrogen-bond donors (Lipinski definition) is 2. The van der Waals surface area contributed by atoms with E-state index in [1.807, 2.05) is 34.9 Å². The molecule has 2 heterocycles. The average molecular weight is 484 g/mol. The zero-order valence-corrected chi connectivity index (χ0v) is 18.6. The summed E-state index contributed by atoms with van der Waals surface area (Å²) in [4.78, 5) is 25.1. The molecule has 8 nitrogen and oxygen atoms in total. The van der Waals surface area contributed by atoms with Gasteiger partial charge in [-0.15, -0.1) is 0 Å². The highest BCUT2D eigenvalue weighted by Gasteiger charge is 2.30.